The van der Waals surface area contributed by atoms with Crippen LogP contribution in [0.5, 0.6) is 0 Å². The van der Waals surface area contributed by atoms with Gasteiger partial charge < -0.3 is 5.11 Å². The van der Waals surface area contributed by atoms with Crippen molar-refractivity contribution in [3.05, 3.63) is 35.4 Å². The molecule has 0 aliphatic heterocycles. The summed E-state index contributed by atoms with van der Waals surface area (Å²) >= 11 is 0. The molecule has 1 aromatic rings. The Hall–Kier alpha value is -1.49. The van der Waals surface area contributed by atoms with Crippen LogP contribution in [-0.2, 0) is 11.3 Å². The number of carboxylic acids is 1. The molecule has 3 nitrogen and oxygen atoms in total. The normalized spacial score (nSPS) is 17.9. The molecule has 116 valence electrons. The number of carboxylic acid groups (broad SMARTS) is 1. The second-order valence-electron chi connectivity index (χ2n) is 5.96. The summed E-state index contributed by atoms with van der Waals surface area (Å²) in [6, 6.07) is 3.85. The van der Waals surface area contributed by atoms with Crippen molar-refractivity contribution in [2.75, 3.05) is 7.05 Å². The molecule has 1 aromatic carbocycles. The average Bonchev–Trinajstić information content (AvgIpc) is 2.43. The van der Waals surface area contributed by atoms with Crippen LogP contribution < -0.4 is 0 Å². The third-order valence-electron chi connectivity index (χ3n) is 4.48. The predicted molar refractivity (Wildman–Crippen MR) is 75.9 cm³/mol. The molecule has 1 fully saturated rings. The Morgan fingerprint density at radius 2 is 1.90 bits per heavy atom. The van der Waals surface area contributed by atoms with Crippen LogP contribution in [0, 0.1) is 11.6 Å². The van der Waals surface area contributed by atoms with Crippen LogP contribution in [0.2, 0.25) is 0 Å². The number of halogens is 2. The van der Waals surface area contributed by atoms with Gasteiger partial charge in [0.25, 0.3) is 0 Å². The van der Waals surface area contributed by atoms with Crippen LogP contribution in [0.25, 0.3) is 0 Å². The number of aliphatic carboxylic acids is 1. The molecule has 0 atom stereocenters. The fourth-order valence-electron chi connectivity index (χ4n) is 3.26. The maximum absolute atomic E-state index is 13.3. The van der Waals surface area contributed by atoms with Gasteiger partial charge in [-0.3, -0.25) is 9.69 Å². The maximum Gasteiger partial charge on any atom is 0.305 e. The molecule has 5 heteroatoms. The monoisotopic (exact) mass is 297 g/mol. The van der Waals surface area contributed by atoms with Crippen molar-refractivity contribution >= 4 is 5.97 Å². The van der Waals surface area contributed by atoms with E-state index in [1.54, 1.807) is 6.07 Å². The van der Waals surface area contributed by atoms with E-state index in [-0.39, 0.29) is 12.0 Å². The van der Waals surface area contributed by atoms with Crippen LogP contribution >= 0.6 is 0 Å². The Bertz CT molecular complexity index is 513. The lowest BCUT2D eigenvalue weighted by Gasteiger charge is -2.44. The lowest BCUT2D eigenvalue weighted by Crippen LogP contribution is -2.49. The largest absolute Gasteiger partial charge is 0.481 e. The van der Waals surface area contributed by atoms with Gasteiger partial charge in [0.05, 0.1) is 6.42 Å². The number of benzene rings is 1. The fourth-order valence-corrected chi connectivity index (χ4v) is 3.26. The van der Waals surface area contributed by atoms with E-state index in [1.807, 2.05) is 11.9 Å². The summed E-state index contributed by atoms with van der Waals surface area (Å²) in [5.74, 6) is -2.54. The lowest BCUT2D eigenvalue weighted by atomic mass is 9.78. The zero-order valence-electron chi connectivity index (χ0n) is 12.2. The third-order valence-corrected chi connectivity index (χ3v) is 4.48. The van der Waals surface area contributed by atoms with Gasteiger partial charge in [0.1, 0.15) is 0 Å². The summed E-state index contributed by atoms with van der Waals surface area (Å²) in [5, 5.41) is 9.19. The minimum atomic E-state index is -0.864. The van der Waals surface area contributed by atoms with Gasteiger partial charge in [0.2, 0.25) is 0 Å². The molecule has 0 aromatic heterocycles. The molecule has 1 aliphatic carbocycles. The van der Waals surface area contributed by atoms with Crippen molar-refractivity contribution in [1.29, 1.82) is 0 Å². The molecule has 1 saturated carbocycles. The van der Waals surface area contributed by atoms with Gasteiger partial charge in [0.15, 0.2) is 11.6 Å². The number of hydrogen-bond acceptors (Lipinski definition) is 2. The first-order valence-corrected chi connectivity index (χ1v) is 7.30. The molecular weight excluding hydrogens is 276 g/mol. The summed E-state index contributed by atoms with van der Waals surface area (Å²) in [6.07, 6.45) is 4.90. The first kappa shape index (κ1) is 15.9. The first-order valence-electron chi connectivity index (χ1n) is 7.30. The Labute approximate surface area is 123 Å². The van der Waals surface area contributed by atoms with Crippen molar-refractivity contribution in [3.8, 4) is 0 Å². The third kappa shape index (κ3) is 3.79. The van der Waals surface area contributed by atoms with E-state index in [9.17, 15) is 18.7 Å². The molecular formula is C16H21F2NO2. The van der Waals surface area contributed by atoms with E-state index < -0.39 is 17.6 Å². The number of nitrogens with zero attached hydrogens (tertiary/aromatic N) is 1. The number of carbonyl (C=O) groups is 1. The highest BCUT2D eigenvalue weighted by molar-refractivity contribution is 5.68. The van der Waals surface area contributed by atoms with Crippen molar-refractivity contribution in [2.45, 2.75) is 50.6 Å². The van der Waals surface area contributed by atoms with E-state index in [2.05, 4.69) is 0 Å². The summed E-state index contributed by atoms with van der Waals surface area (Å²) in [4.78, 5) is 13.2. The fraction of sp³-hybridized carbons (Fsp3) is 0.562. The quantitative estimate of drug-likeness (QED) is 0.903. The smallest absolute Gasteiger partial charge is 0.305 e. The van der Waals surface area contributed by atoms with Crippen molar-refractivity contribution < 1.29 is 18.7 Å². The Morgan fingerprint density at radius 1 is 1.24 bits per heavy atom. The highest BCUT2D eigenvalue weighted by Crippen LogP contribution is 2.36. The van der Waals surface area contributed by atoms with Gasteiger partial charge in [-0.15, -0.1) is 0 Å². The SMILES string of the molecule is CN(Cc1ccc(F)c(F)c1)C1(CC(=O)O)CCCCC1. The highest BCUT2D eigenvalue weighted by atomic mass is 19.2. The van der Waals surface area contributed by atoms with Gasteiger partial charge in [0, 0.05) is 12.1 Å². The standard InChI is InChI=1S/C16H21F2NO2/c1-19(11-12-5-6-13(17)14(18)9-12)16(10-15(20)21)7-3-2-4-8-16/h5-6,9H,2-4,7-8,10-11H2,1H3,(H,20,21). The first-order chi connectivity index (χ1) is 9.93. The molecule has 0 radical (unpaired) electrons. The molecule has 0 amide bonds. The van der Waals surface area contributed by atoms with Crippen molar-refractivity contribution in [2.24, 2.45) is 0 Å². The maximum atomic E-state index is 13.3. The van der Waals surface area contributed by atoms with E-state index in [0.717, 1.165) is 38.2 Å². The molecule has 1 N–H and O–H groups in total. The minimum absolute atomic E-state index is 0.0905. The molecule has 21 heavy (non-hydrogen) atoms. The summed E-state index contributed by atoms with van der Waals surface area (Å²) in [7, 11) is 1.87. The molecule has 0 unspecified atom stereocenters. The van der Waals surface area contributed by atoms with Crippen LogP contribution in [0.1, 0.15) is 44.1 Å². The van der Waals surface area contributed by atoms with Crippen molar-refractivity contribution in [3.63, 3.8) is 0 Å². The van der Waals surface area contributed by atoms with E-state index >= 15 is 0 Å². The van der Waals surface area contributed by atoms with E-state index in [0.29, 0.717) is 12.1 Å². The van der Waals surface area contributed by atoms with E-state index in [1.165, 1.54) is 6.07 Å². The molecule has 0 bridgehead atoms. The van der Waals surface area contributed by atoms with Crippen molar-refractivity contribution in [1.82, 2.24) is 4.90 Å². The minimum Gasteiger partial charge on any atom is -0.481 e. The molecule has 2 rings (SSSR count). The van der Waals surface area contributed by atoms with Crippen LogP contribution in [0.4, 0.5) is 8.78 Å². The zero-order chi connectivity index (χ0) is 15.5. The summed E-state index contributed by atoms with van der Waals surface area (Å²) < 4.78 is 26.3. The summed E-state index contributed by atoms with van der Waals surface area (Å²) in [6.45, 7) is 0.421. The Balaban J connectivity index is 2.15. The topological polar surface area (TPSA) is 40.5 Å². The molecule has 0 spiro atoms. The second kappa shape index (κ2) is 6.52. The highest BCUT2D eigenvalue weighted by Gasteiger charge is 2.38. The summed E-state index contributed by atoms with van der Waals surface area (Å²) in [5.41, 5.74) is 0.279. The van der Waals surface area contributed by atoms with Gasteiger partial charge >= 0.3 is 5.97 Å². The molecule has 0 heterocycles. The number of rotatable bonds is 5. The van der Waals surface area contributed by atoms with Crippen LogP contribution in [-0.4, -0.2) is 28.6 Å². The second-order valence-corrected chi connectivity index (χ2v) is 5.96. The Kier molecular flexibility index (Phi) is 4.93. The zero-order valence-corrected chi connectivity index (χ0v) is 12.2. The van der Waals surface area contributed by atoms with Gasteiger partial charge in [-0.25, -0.2) is 8.78 Å². The average molecular weight is 297 g/mol. The lowest BCUT2D eigenvalue weighted by molar-refractivity contribution is -0.141. The molecule has 0 saturated heterocycles. The van der Waals surface area contributed by atoms with Gasteiger partial charge in [-0.2, -0.15) is 0 Å². The number of hydrogen-bond donors (Lipinski definition) is 1. The predicted octanol–water partition coefficient (Wildman–Crippen LogP) is 3.57. The molecule has 1 aliphatic rings. The van der Waals surface area contributed by atoms with Crippen LogP contribution in [0.15, 0.2) is 18.2 Å². The van der Waals surface area contributed by atoms with E-state index in [4.69, 9.17) is 0 Å². The van der Waals surface area contributed by atoms with Gasteiger partial charge in [-0.1, -0.05) is 25.3 Å². The Morgan fingerprint density at radius 3 is 2.48 bits per heavy atom. The van der Waals surface area contributed by atoms with Crippen LogP contribution in [0.3, 0.4) is 0 Å². The van der Waals surface area contributed by atoms with Gasteiger partial charge in [-0.05, 0) is 37.6 Å².